The lowest BCUT2D eigenvalue weighted by Crippen LogP contribution is -2.15. The van der Waals surface area contributed by atoms with E-state index in [1.807, 2.05) is 6.08 Å². The average molecular weight is 708 g/mol. The second-order valence-electron chi connectivity index (χ2n) is 14.0. The summed E-state index contributed by atoms with van der Waals surface area (Å²) in [5, 5.41) is 43.9. The molecule has 3 aromatic rings. The molecule has 2 aliphatic carbocycles. The first-order valence-electron chi connectivity index (χ1n) is 19.1. The Hall–Kier alpha value is -4.51. The highest BCUT2D eigenvalue weighted by Gasteiger charge is 2.17. The number of phenols is 2. The number of allylic oxidation sites excluding steroid dienone is 3. The molecule has 0 aliphatic heterocycles. The molecular formula is C45H61N3O4. The molecule has 0 unspecified atom stereocenters. The van der Waals surface area contributed by atoms with Gasteiger partial charge in [0.2, 0.25) is 0 Å². The minimum absolute atomic E-state index is 0.142. The summed E-state index contributed by atoms with van der Waals surface area (Å²) in [4.78, 5) is 0. The molecule has 0 spiro atoms. The highest BCUT2D eigenvalue weighted by Crippen LogP contribution is 2.36. The number of nitriles is 1. The zero-order valence-electron chi connectivity index (χ0n) is 31.9. The molecule has 3 aromatic carbocycles. The van der Waals surface area contributed by atoms with Crippen LogP contribution in [0.4, 0.5) is 5.69 Å². The molecule has 0 saturated heterocycles. The van der Waals surface area contributed by atoms with Crippen LogP contribution in [0, 0.1) is 24.2 Å². The number of rotatable bonds is 16. The van der Waals surface area contributed by atoms with Crippen LogP contribution in [-0.2, 0) is 19.4 Å². The quantitative estimate of drug-likeness (QED) is 0.0331. The van der Waals surface area contributed by atoms with Gasteiger partial charge in [-0.15, -0.1) is 0 Å². The van der Waals surface area contributed by atoms with Crippen molar-refractivity contribution in [2.45, 2.75) is 105 Å². The van der Waals surface area contributed by atoms with Crippen molar-refractivity contribution in [3.05, 3.63) is 107 Å². The highest BCUT2D eigenvalue weighted by atomic mass is 16.5. The van der Waals surface area contributed by atoms with Crippen molar-refractivity contribution < 1.29 is 20.1 Å². The minimum atomic E-state index is -0.298. The number of aliphatic hydroxyl groups is 1. The lowest BCUT2D eigenvalue weighted by molar-refractivity contribution is 0.257. The lowest BCUT2D eigenvalue weighted by atomic mass is 9.93. The van der Waals surface area contributed by atoms with Crippen LogP contribution >= 0.6 is 0 Å². The Balaban J connectivity index is 0.000000257. The van der Waals surface area contributed by atoms with Crippen molar-refractivity contribution in [3.8, 4) is 34.4 Å². The largest absolute Gasteiger partial charge is 0.504 e. The molecule has 0 amide bonds. The molecule has 7 heteroatoms. The monoisotopic (exact) mass is 707 g/mol. The second-order valence-corrected chi connectivity index (χ2v) is 14.0. The first kappa shape index (κ1) is 41.9. The third kappa shape index (κ3) is 13.6. The van der Waals surface area contributed by atoms with Crippen LogP contribution in [0.2, 0.25) is 0 Å². The van der Waals surface area contributed by atoms with Gasteiger partial charge in [-0.1, -0.05) is 102 Å². The Kier molecular flexibility index (Phi) is 18.6. The number of phenolic OH excluding ortho intramolecular Hbond substituents is 2. The van der Waals surface area contributed by atoms with Crippen molar-refractivity contribution >= 4 is 5.69 Å². The normalized spacial score (nSPS) is 13.5. The fourth-order valence-electron chi connectivity index (χ4n) is 5.93. The van der Waals surface area contributed by atoms with Crippen LogP contribution in [0.3, 0.4) is 0 Å². The number of aromatic hydroxyl groups is 2. The molecule has 1 fully saturated rings. The van der Waals surface area contributed by atoms with E-state index < -0.39 is 0 Å². The Morgan fingerprint density at radius 2 is 1.71 bits per heavy atom. The Labute approximate surface area is 312 Å². The maximum atomic E-state index is 9.71. The summed E-state index contributed by atoms with van der Waals surface area (Å²) in [6.07, 6.45) is 19.3. The Morgan fingerprint density at radius 1 is 1.00 bits per heavy atom. The van der Waals surface area contributed by atoms with E-state index in [0.29, 0.717) is 28.4 Å². The third-order valence-electron chi connectivity index (χ3n) is 9.44. The summed E-state index contributed by atoms with van der Waals surface area (Å²) in [6, 6.07) is 18.3. The third-order valence-corrected chi connectivity index (χ3v) is 9.44. The van der Waals surface area contributed by atoms with Crippen LogP contribution in [0.25, 0.3) is 11.1 Å². The number of hydrogen-bond acceptors (Lipinski definition) is 7. The summed E-state index contributed by atoms with van der Waals surface area (Å²) in [5.74, 6) is 0.367. The van der Waals surface area contributed by atoms with Gasteiger partial charge in [0.05, 0.1) is 12.8 Å². The average Bonchev–Trinajstić information content (AvgIpc) is 3.60. The maximum absolute atomic E-state index is 9.71. The predicted molar refractivity (Wildman–Crippen MR) is 216 cm³/mol. The van der Waals surface area contributed by atoms with Gasteiger partial charge in [0.1, 0.15) is 12.4 Å². The van der Waals surface area contributed by atoms with Crippen molar-refractivity contribution in [3.63, 3.8) is 0 Å². The van der Waals surface area contributed by atoms with Gasteiger partial charge in [0, 0.05) is 36.0 Å². The summed E-state index contributed by atoms with van der Waals surface area (Å²) < 4.78 is 5.74. The molecule has 0 aromatic heterocycles. The van der Waals surface area contributed by atoms with Crippen molar-refractivity contribution in [2.75, 3.05) is 25.2 Å². The molecule has 0 heterocycles. The van der Waals surface area contributed by atoms with Gasteiger partial charge in [0.25, 0.3) is 0 Å². The number of aliphatic hydroxyl groups excluding tert-OH is 1. The zero-order valence-corrected chi connectivity index (χ0v) is 31.9. The van der Waals surface area contributed by atoms with Crippen LogP contribution in [0.1, 0.15) is 101 Å². The number of unbranched alkanes of at least 4 members (excludes halogenated alkanes) is 1. The number of fused-ring (bicyclic) bond motifs is 1. The topological polar surface area (TPSA) is 118 Å². The standard InChI is InChI=1S/C21H28N2O4.C20H25N.C4H8/c1-4-16(8-17(11-22)7-5-6-15(2)3)13-27-21-10-20(26)19(25)9-18(21)12-23-14-24;1-3-4-14-21-20-13-7-10-17(15(20)2)19-12-6-9-16-8-5-11-18(16)19;1-2-4-3-1/h4,7-10,15,23-26H,1,5-6,12-14H2,2-3H3;6-7,9-10,12-13,21H,3-5,8,11,14H2,1-2H3;1-4H2/b16-8+,17-7+;;. The van der Waals surface area contributed by atoms with E-state index >= 15 is 0 Å². The number of nitrogens with one attached hydrogen (secondary N) is 2. The van der Waals surface area contributed by atoms with Gasteiger partial charge >= 0.3 is 0 Å². The van der Waals surface area contributed by atoms with Crippen LogP contribution in [-0.4, -0.2) is 35.2 Å². The number of ether oxygens (including phenoxy) is 1. The van der Waals surface area contributed by atoms with Crippen LogP contribution < -0.4 is 15.4 Å². The molecule has 280 valence electrons. The highest BCUT2D eigenvalue weighted by molar-refractivity contribution is 5.77. The Bertz CT molecular complexity index is 1660. The van der Waals surface area contributed by atoms with E-state index in [-0.39, 0.29) is 31.4 Å². The summed E-state index contributed by atoms with van der Waals surface area (Å²) in [6.45, 7) is 13.7. The van der Waals surface area contributed by atoms with Crippen molar-refractivity contribution in [1.29, 1.82) is 5.26 Å². The first-order chi connectivity index (χ1) is 25.2. The SMILES string of the molecule is C1CCC1.C=C/C(=C\C(C#N)=C/CCC(C)C)COc1cc(O)c(O)cc1CNCO.CCCCNc1cccc(-c2cccc3c2CCC3)c1C. The fraction of sp³-hybridized carbons (Fsp3) is 0.444. The number of nitrogens with zero attached hydrogens (tertiary/aromatic N) is 1. The first-order valence-corrected chi connectivity index (χ1v) is 19.1. The van der Waals surface area contributed by atoms with Gasteiger partial charge in [0.15, 0.2) is 11.5 Å². The van der Waals surface area contributed by atoms with E-state index in [9.17, 15) is 15.5 Å². The van der Waals surface area contributed by atoms with E-state index in [1.54, 1.807) is 23.3 Å². The lowest BCUT2D eigenvalue weighted by Gasteiger charge is -2.16. The molecule has 7 nitrogen and oxygen atoms in total. The molecule has 52 heavy (non-hydrogen) atoms. The number of anilines is 1. The summed E-state index contributed by atoms with van der Waals surface area (Å²) in [5.41, 5.74) is 10.5. The summed E-state index contributed by atoms with van der Waals surface area (Å²) in [7, 11) is 0. The minimum Gasteiger partial charge on any atom is -0.504 e. The molecule has 0 radical (unpaired) electrons. The number of aryl methyl sites for hydroxylation is 1. The van der Waals surface area contributed by atoms with E-state index in [2.05, 4.69) is 87.4 Å². The molecule has 5 rings (SSSR count). The zero-order chi connectivity index (χ0) is 37.7. The number of hydrogen-bond donors (Lipinski definition) is 5. The smallest absolute Gasteiger partial charge is 0.161 e. The molecule has 1 saturated carbocycles. The van der Waals surface area contributed by atoms with Gasteiger partial charge in [-0.2, -0.15) is 5.26 Å². The van der Waals surface area contributed by atoms with Gasteiger partial charge in [-0.3, -0.25) is 5.32 Å². The molecule has 2 aliphatic rings. The van der Waals surface area contributed by atoms with Crippen molar-refractivity contribution in [2.24, 2.45) is 5.92 Å². The van der Waals surface area contributed by atoms with Crippen LogP contribution in [0.15, 0.2) is 84.5 Å². The van der Waals surface area contributed by atoms with Crippen LogP contribution in [0.5, 0.6) is 17.2 Å². The molecular weight excluding hydrogens is 647 g/mol. The number of benzene rings is 3. The van der Waals surface area contributed by atoms with Gasteiger partial charge < -0.3 is 25.4 Å². The van der Waals surface area contributed by atoms with E-state index in [1.165, 1.54) is 92.3 Å². The Morgan fingerprint density at radius 3 is 2.37 bits per heavy atom. The van der Waals surface area contributed by atoms with Gasteiger partial charge in [-0.25, -0.2) is 0 Å². The van der Waals surface area contributed by atoms with Crippen molar-refractivity contribution in [1.82, 2.24) is 5.32 Å². The second kappa shape index (κ2) is 23.1. The van der Waals surface area contributed by atoms with Gasteiger partial charge in [-0.05, 0) is 103 Å². The van der Waals surface area contributed by atoms with E-state index in [0.717, 1.165) is 19.4 Å². The predicted octanol–water partition coefficient (Wildman–Crippen LogP) is 10.4. The molecule has 0 atom stereocenters. The maximum Gasteiger partial charge on any atom is 0.161 e. The molecule has 5 N–H and O–H groups in total. The van der Waals surface area contributed by atoms with E-state index in [4.69, 9.17) is 9.84 Å². The fourth-order valence-corrected chi connectivity index (χ4v) is 5.93. The molecule has 0 bridgehead atoms. The summed E-state index contributed by atoms with van der Waals surface area (Å²) >= 11 is 0.